The highest BCUT2D eigenvalue weighted by Gasteiger charge is 2.20. The van der Waals surface area contributed by atoms with Gasteiger partial charge < -0.3 is 4.90 Å². The summed E-state index contributed by atoms with van der Waals surface area (Å²) < 4.78 is 2.64. The third kappa shape index (κ3) is 5.46. The molecule has 1 heterocycles. The lowest BCUT2D eigenvalue weighted by molar-refractivity contribution is 1.28. The first-order valence-electron chi connectivity index (χ1n) is 19.2. The van der Waals surface area contributed by atoms with E-state index >= 15 is 0 Å². The van der Waals surface area contributed by atoms with E-state index in [0.29, 0.717) is 0 Å². The van der Waals surface area contributed by atoms with Crippen molar-refractivity contribution < 1.29 is 0 Å². The Kier molecular flexibility index (Phi) is 7.75. The third-order valence-corrected chi connectivity index (χ3v) is 12.4. The highest BCUT2D eigenvalue weighted by molar-refractivity contribution is 7.25. The molecular weight excluding hydrogens is 695 g/mol. The van der Waals surface area contributed by atoms with Gasteiger partial charge in [-0.25, -0.2) is 0 Å². The van der Waals surface area contributed by atoms with Gasteiger partial charge in [-0.05, 0) is 109 Å². The van der Waals surface area contributed by atoms with Crippen molar-refractivity contribution >= 4 is 80.9 Å². The Balaban J connectivity index is 1.09. The first-order chi connectivity index (χ1) is 27.8. The molecule has 0 atom stereocenters. The third-order valence-electron chi connectivity index (χ3n) is 11.2. The highest BCUT2D eigenvalue weighted by Crippen LogP contribution is 2.45. The maximum absolute atomic E-state index is 2.43. The van der Waals surface area contributed by atoms with Gasteiger partial charge in [0.25, 0.3) is 0 Å². The summed E-state index contributed by atoms with van der Waals surface area (Å²) in [5, 5.41) is 10.2. The molecule has 10 aromatic carbocycles. The van der Waals surface area contributed by atoms with Gasteiger partial charge >= 0.3 is 0 Å². The molecule has 11 aromatic rings. The molecule has 0 unspecified atom stereocenters. The maximum atomic E-state index is 2.43. The van der Waals surface area contributed by atoms with Gasteiger partial charge in [0, 0.05) is 37.1 Å². The number of rotatable bonds is 6. The van der Waals surface area contributed by atoms with Crippen molar-refractivity contribution in [3.8, 4) is 33.4 Å². The van der Waals surface area contributed by atoms with Crippen LogP contribution in [0.3, 0.4) is 0 Å². The summed E-state index contributed by atoms with van der Waals surface area (Å²) in [5.74, 6) is 0. The molecule has 11 rings (SSSR count). The fourth-order valence-electron chi connectivity index (χ4n) is 8.60. The van der Waals surface area contributed by atoms with Gasteiger partial charge in [0.15, 0.2) is 0 Å². The minimum absolute atomic E-state index is 1.10. The van der Waals surface area contributed by atoms with Crippen LogP contribution in [-0.2, 0) is 0 Å². The summed E-state index contributed by atoms with van der Waals surface area (Å²) in [6, 6.07) is 77.8. The molecule has 2 heteroatoms. The van der Waals surface area contributed by atoms with Gasteiger partial charge in [-0.3, -0.25) is 0 Å². The zero-order valence-corrected chi connectivity index (χ0v) is 31.4. The summed E-state index contributed by atoms with van der Waals surface area (Å²) in [7, 11) is 0. The summed E-state index contributed by atoms with van der Waals surface area (Å²) in [5.41, 5.74) is 10.6. The molecular formula is C54H35NS. The fraction of sp³-hybridized carbons (Fsp3) is 0. The van der Waals surface area contributed by atoms with Crippen LogP contribution in [0.2, 0.25) is 0 Å². The molecule has 0 amide bonds. The van der Waals surface area contributed by atoms with E-state index in [2.05, 4.69) is 217 Å². The molecule has 0 spiro atoms. The van der Waals surface area contributed by atoms with E-state index in [4.69, 9.17) is 0 Å². The second-order valence-electron chi connectivity index (χ2n) is 14.5. The molecule has 0 fully saturated rings. The smallest absolute Gasteiger partial charge is 0.0540 e. The van der Waals surface area contributed by atoms with E-state index in [9.17, 15) is 0 Å². The summed E-state index contributed by atoms with van der Waals surface area (Å²) in [4.78, 5) is 2.43. The zero-order chi connectivity index (χ0) is 37.0. The lowest BCUT2D eigenvalue weighted by Gasteiger charge is -2.29. The first kappa shape index (κ1) is 32.4. The van der Waals surface area contributed by atoms with Crippen molar-refractivity contribution in [1.29, 1.82) is 0 Å². The van der Waals surface area contributed by atoms with Gasteiger partial charge in [-0.1, -0.05) is 164 Å². The number of thiophene rings is 1. The van der Waals surface area contributed by atoms with Crippen molar-refractivity contribution in [2.75, 3.05) is 4.90 Å². The Morgan fingerprint density at radius 2 is 0.911 bits per heavy atom. The van der Waals surface area contributed by atoms with E-state index < -0.39 is 0 Å². The standard InChI is InChI=1S/C54H35NS/c1-3-18-43-37(13-1)15-12-24-46(43)48-22-7-9-25-52(48)55(41-30-27-36(28-31-41)38-29-32-50-49-23-8-10-26-53(49)56-54(50)35-38)42-17-11-16-39(33-42)51-34-40-14-2-4-19-44(40)45-20-5-6-21-47(45)51/h1-35H. The number of hydrogen-bond acceptors (Lipinski definition) is 2. The molecule has 0 saturated heterocycles. The molecule has 0 aliphatic rings. The van der Waals surface area contributed by atoms with Crippen LogP contribution >= 0.6 is 11.3 Å². The van der Waals surface area contributed by atoms with Crippen LogP contribution in [-0.4, -0.2) is 0 Å². The van der Waals surface area contributed by atoms with Crippen LogP contribution in [0.1, 0.15) is 0 Å². The Morgan fingerprint density at radius 1 is 0.286 bits per heavy atom. The second-order valence-corrected chi connectivity index (χ2v) is 15.6. The molecule has 1 nitrogen and oxygen atoms in total. The van der Waals surface area contributed by atoms with Crippen molar-refractivity contribution in [3.63, 3.8) is 0 Å². The molecule has 0 N–H and O–H groups in total. The molecule has 0 aliphatic heterocycles. The maximum Gasteiger partial charge on any atom is 0.0540 e. The van der Waals surface area contributed by atoms with Crippen LogP contribution < -0.4 is 4.90 Å². The number of hydrogen-bond donors (Lipinski definition) is 0. The SMILES string of the molecule is c1cc(-c2cc3ccccc3c3ccccc23)cc(N(c2ccc(-c3ccc4c(c3)sc3ccccc34)cc2)c2ccccc2-c2cccc3ccccc23)c1. The summed E-state index contributed by atoms with van der Waals surface area (Å²) in [6.45, 7) is 0. The molecule has 0 saturated carbocycles. The fourth-order valence-corrected chi connectivity index (χ4v) is 9.74. The first-order valence-corrected chi connectivity index (χ1v) is 20.0. The molecule has 262 valence electrons. The molecule has 56 heavy (non-hydrogen) atoms. The number of fused-ring (bicyclic) bond motifs is 7. The average molecular weight is 730 g/mol. The summed E-state index contributed by atoms with van der Waals surface area (Å²) in [6.07, 6.45) is 0. The number of anilines is 3. The zero-order valence-electron chi connectivity index (χ0n) is 30.6. The van der Waals surface area contributed by atoms with Gasteiger partial charge in [0.05, 0.1) is 5.69 Å². The van der Waals surface area contributed by atoms with Crippen molar-refractivity contribution in [1.82, 2.24) is 0 Å². The largest absolute Gasteiger partial charge is 0.310 e. The monoisotopic (exact) mass is 729 g/mol. The van der Waals surface area contributed by atoms with Gasteiger partial charge in [-0.15, -0.1) is 11.3 Å². The minimum atomic E-state index is 1.10. The van der Waals surface area contributed by atoms with Crippen LogP contribution in [0.15, 0.2) is 212 Å². The van der Waals surface area contributed by atoms with Crippen LogP contribution in [0.25, 0.3) is 85.9 Å². The Labute approximate surface area is 330 Å². The highest BCUT2D eigenvalue weighted by atomic mass is 32.1. The van der Waals surface area contributed by atoms with Crippen LogP contribution in [0, 0.1) is 0 Å². The Morgan fingerprint density at radius 3 is 1.79 bits per heavy atom. The van der Waals surface area contributed by atoms with Crippen molar-refractivity contribution in [2.24, 2.45) is 0 Å². The topological polar surface area (TPSA) is 3.24 Å². The van der Waals surface area contributed by atoms with Crippen LogP contribution in [0.5, 0.6) is 0 Å². The lowest BCUT2D eigenvalue weighted by atomic mass is 9.93. The Bertz CT molecular complexity index is 3260. The van der Waals surface area contributed by atoms with Crippen molar-refractivity contribution in [2.45, 2.75) is 0 Å². The summed E-state index contributed by atoms with van der Waals surface area (Å²) >= 11 is 1.87. The van der Waals surface area contributed by atoms with Crippen LogP contribution in [0.4, 0.5) is 17.1 Å². The predicted octanol–water partition coefficient (Wildman–Crippen LogP) is 16.0. The van der Waals surface area contributed by atoms with E-state index in [1.807, 2.05) is 11.3 Å². The van der Waals surface area contributed by atoms with Crippen molar-refractivity contribution in [3.05, 3.63) is 212 Å². The number of benzene rings is 10. The lowest BCUT2D eigenvalue weighted by Crippen LogP contribution is -2.11. The molecule has 0 aliphatic carbocycles. The minimum Gasteiger partial charge on any atom is -0.310 e. The van der Waals surface area contributed by atoms with E-state index in [1.54, 1.807) is 0 Å². The normalized spacial score (nSPS) is 11.6. The quantitative estimate of drug-likeness (QED) is 0.154. The van der Waals surface area contributed by atoms with E-state index in [0.717, 1.165) is 17.1 Å². The predicted molar refractivity (Wildman–Crippen MR) is 243 cm³/mol. The van der Waals surface area contributed by atoms with Gasteiger partial charge in [0.1, 0.15) is 0 Å². The van der Waals surface area contributed by atoms with E-state index in [1.165, 1.54) is 85.9 Å². The van der Waals surface area contributed by atoms with Gasteiger partial charge in [-0.2, -0.15) is 0 Å². The van der Waals surface area contributed by atoms with E-state index in [-0.39, 0.29) is 0 Å². The molecule has 1 aromatic heterocycles. The number of nitrogens with zero attached hydrogens (tertiary/aromatic N) is 1. The second kappa shape index (κ2) is 13.4. The average Bonchev–Trinajstić information content (AvgIpc) is 3.65. The molecule has 0 radical (unpaired) electrons. The number of para-hydroxylation sites is 1. The Hall–Kier alpha value is -7.00. The molecule has 0 bridgehead atoms. The van der Waals surface area contributed by atoms with Gasteiger partial charge in [0.2, 0.25) is 0 Å².